The van der Waals surface area contributed by atoms with E-state index in [0.717, 1.165) is 36.2 Å². The van der Waals surface area contributed by atoms with Gasteiger partial charge in [-0.2, -0.15) is 0 Å². The van der Waals surface area contributed by atoms with Crippen molar-refractivity contribution in [3.63, 3.8) is 0 Å². The molecule has 3 nitrogen and oxygen atoms in total. The van der Waals surface area contributed by atoms with E-state index >= 15 is 0 Å². The highest BCUT2D eigenvalue weighted by molar-refractivity contribution is 5.97. The molecule has 2 rings (SSSR count). The summed E-state index contributed by atoms with van der Waals surface area (Å²) < 4.78 is 0. The number of carbonyl (C=O) groups excluding carboxylic acids is 1. The van der Waals surface area contributed by atoms with Gasteiger partial charge in [-0.3, -0.25) is 4.79 Å². The molecule has 1 aliphatic rings. The van der Waals surface area contributed by atoms with Gasteiger partial charge >= 0.3 is 0 Å². The van der Waals surface area contributed by atoms with Gasteiger partial charge in [-0.25, -0.2) is 0 Å². The molecule has 0 aromatic heterocycles. The maximum absolute atomic E-state index is 12.7. The van der Waals surface area contributed by atoms with E-state index in [2.05, 4.69) is 13.8 Å². The first-order valence-corrected chi connectivity index (χ1v) is 6.94. The van der Waals surface area contributed by atoms with Crippen molar-refractivity contribution in [1.29, 1.82) is 0 Å². The Kier molecular flexibility index (Phi) is 5.22. The maximum Gasteiger partial charge on any atom is 0.254 e. The third kappa shape index (κ3) is 3.15. The van der Waals surface area contributed by atoms with E-state index in [1.54, 1.807) is 0 Å². The SMILES string of the molecule is Cc1cccc(C)c1C(=O)N1CCC(N)C(C)(C)C1.Cl. The number of halogens is 1. The topological polar surface area (TPSA) is 46.3 Å². The lowest BCUT2D eigenvalue weighted by atomic mass is 9.79. The lowest BCUT2D eigenvalue weighted by Crippen LogP contribution is -2.54. The zero-order valence-corrected chi connectivity index (χ0v) is 13.6. The second-order valence-corrected chi connectivity index (χ2v) is 6.38. The zero-order chi connectivity index (χ0) is 14.2. The van der Waals surface area contributed by atoms with Crippen molar-refractivity contribution in [2.45, 2.75) is 40.2 Å². The lowest BCUT2D eigenvalue weighted by Gasteiger charge is -2.42. The third-order valence-electron chi connectivity index (χ3n) is 4.29. The number of nitrogens with two attached hydrogens (primary N) is 1. The Balaban J connectivity index is 0.00000200. The van der Waals surface area contributed by atoms with Crippen LogP contribution in [-0.4, -0.2) is 29.9 Å². The van der Waals surface area contributed by atoms with Gasteiger partial charge in [0, 0.05) is 24.7 Å². The predicted octanol–water partition coefficient (Wildman–Crippen LogP) is 2.92. The Morgan fingerprint density at radius 3 is 2.35 bits per heavy atom. The van der Waals surface area contributed by atoms with Gasteiger partial charge in [0.1, 0.15) is 0 Å². The van der Waals surface area contributed by atoms with Crippen LogP contribution in [0.15, 0.2) is 18.2 Å². The van der Waals surface area contributed by atoms with Crippen molar-refractivity contribution in [3.05, 3.63) is 34.9 Å². The van der Waals surface area contributed by atoms with E-state index in [-0.39, 0.29) is 29.8 Å². The van der Waals surface area contributed by atoms with Crippen LogP contribution in [0.3, 0.4) is 0 Å². The molecule has 0 spiro atoms. The lowest BCUT2D eigenvalue weighted by molar-refractivity contribution is 0.0531. The molecule has 0 aliphatic carbocycles. The Morgan fingerprint density at radius 2 is 1.85 bits per heavy atom. The molecule has 1 saturated heterocycles. The summed E-state index contributed by atoms with van der Waals surface area (Å²) in [5, 5.41) is 0. The zero-order valence-electron chi connectivity index (χ0n) is 12.8. The highest BCUT2D eigenvalue weighted by Crippen LogP contribution is 2.29. The molecule has 1 aromatic carbocycles. The Morgan fingerprint density at radius 1 is 1.30 bits per heavy atom. The molecule has 0 bridgehead atoms. The van der Waals surface area contributed by atoms with Gasteiger partial charge in [0.15, 0.2) is 0 Å². The molecule has 112 valence electrons. The summed E-state index contributed by atoms with van der Waals surface area (Å²) >= 11 is 0. The summed E-state index contributed by atoms with van der Waals surface area (Å²) in [7, 11) is 0. The molecular weight excluding hydrogens is 272 g/mol. The molecule has 1 atom stereocenters. The van der Waals surface area contributed by atoms with Crippen LogP contribution >= 0.6 is 12.4 Å². The highest BCUT2D eigenvalue weighted by atomic mass is 35.5. The molecule has 1 aromatic rings. The van der Waals surface area contributed by atoms with E-state index < -0.39 is 0 Å². The molecular formula is C16H25ClN2O. The molecule has 0 radical (unpaired) electrons. The molecule has 0 saturated carbocycles. The maximum atomic E-state index is 12.7. The Labute approximate surface area is 127 Å². The van der Waals surface area contributed by atoms with Crippen LogP contribution in [0.1, 0.15) is 41.8 Å². The van der Waals surface area contributed by atoms with Gasteiger partial charge in [-0.15, -0.1) is 12.4 Å². The van der Waals surface area contributed by atoms with Gasteiger partial charge in [0.05, 0.1) is 0 Å². The number of nitrogens with zero attached hydrogens (tertiary/aromatic N) is 1. The molecule has 2 N–H and O–H groups in total. The summed E-state index contributed by atoms with van der Waals surface area (Å²) in [6.07, 6.45) is 0.879. The monoisotopic (exact) mass is 296 g/mol. The van der Waals surface area contributed by atoms with E-state index in [4.69, 9.17) is 5.73 Å². The predicted molar refractivity (Wildman–Crippen MR) is 85.4 cm³/mol. The van der Waals surface area contributed by atoms with Crippen LogP contribution in [-0.2, 0) is 0 Å². The number of amides is 1. The van der Waals surface area contributed by atoms with Gasteiger partial charge in [-0.05, 0) is 36.8 Å². The number of aryl methyl sites for hydroxylation is 2. The summed E-state index contributed by atoms with van der Waals surface area (Å²) in [6.45, 7) is 9.78. The first kappa shape index (κ1) is 17.0. The van der Waals surface area contributed by atoms with Crippen molar-refractivity contribution >= 4 is 18.3 Å². The van der Waals surface area contributed by atoms with Crippen LogP contribution in [0.5, 0.6) is 0 Å². The van der Waals surface area contributed by atoms with Crippen LogP contribution < -0.4 is 5.73 Å². The summed E-state index contributed by atoms with van der Waals surface area (Å²) in [5.74, 6) is 0.149. The van der Waals surface area contributed by atoms with Crippen molar-refractivity contribution < 1.29 is 4.79 Å². The van der Waals surface area contributed by atoms with Gasteiger partial charge < -0.3 is 10.6 Å². The second kappa shape index (κ2) is 6.15. The first-order valence-electron chi connectivity index (χ1n) is 6.94. The largest absolute Gasteiger partial charge is 0.338 e. The number of benzene rings is 1. The fourth-order valence-corrected chi connectivity index (χ4v) is 2.86. The number of likely N-dealkylation sites (tertiary alicyclic amines) is 1. The van der Waals surface area contributed by atoms with Crippen LogP contribution in [0, 0.1) is 19.3 Å². The standard InChI is InChI=1S/C16H24N2O.ClH/c1-11-6-5-7-12(2)14(11)15(19)18-9-8-13(17)16(3,4)10-18;/h5-7,13H,8-10,17H2,1-4H3;1H. The number of hydrogen-bond donors (Lipinski definition) is 1. The van der Waals surface area contributed by atoms with Crippen molar-refractivity contribution in [3.8, 4) is 0 Å². The Hall–Kier alpha value is -1.06. The van der Waals surface area contributed by atoms with Crippen LogP contribution in [0.2, 0.25) is 0 Å². The fourth-order valence-electron chi connectivity index (χ4n) is 2.86. The fraction of sp³-hybridized carbons (Fsp3) is 0.562. The summed E-state index contributed by atoms with van der Waals surface area (Å²) in [5.41, 5.74) is 9.09. The minimum Gasteiger partial charge on any atom is -0.338 e. The minimum absolute atomic E-state index is 0. The van der Waals surface area contributed by atoms with E-state index in [1.165, 1.54) is 0 Å². The molecule has 1 fully saturated rings. The molecule has 1 unspecified atom stereocenters. The first-order chi connectivity index (χ1) is 8.83. The van der Waals surface area contributed by atoms with Crippen molar-refractivity contribution in [2.75, 3.05) is 13.1 Å². The highest BCUT2D eigenvalue weighted by Gasteiger charge is 2.36. The number of piperidine rings is 1. The Bertz CT molecular complexity index is 479. The average molecular weight is 297 g/mol. The summed E-state index contributed by atoms with van der Waals surface area (Å²) in [4.78, 5) is 14.7. The van der Waals surface area contributed by atoms with Gasteiger partial charge in [0.25, 0.3) is 5.91 Å². The van der Waals surface area contributed by atoms with E-state index in [9.17, 15) is 4.79 Å². The number of rotatable bonds is 1. The molecule has 1 amide bonds. The third-order valence-corrected chi connectivity index (χ3v) is 4.29. The molecule has 4 heteroatoms. The molecule has 1 heterocycles. The number of hydrogen-bond acceptors (Lipinski definition) is 2. The quantitative estimate of drug-likeness (QED) is 0.866. The van der Waals surface area contributed by atoms with E-state index in [0.29, 0.717) is 0 Å². The summed E-state index contributed by atoms with van der Waals surface area (Å²) in [6, 6.07) is 6.18. The van der Waals surface area contributed by atoms with Crippen molar-refractivity contribution in [2.24, 2.45) is 11.1 Å². The van der Waals surface area contributed by atoms with Gasteiger partial charge in [-0.1, -0.05) is 32.0 Å². The molecule has 20 heavy (non-hydrogen) atoms. The van der Waals surface area contributed by atoms with Crippen LogP contribution in [0.25, 0.3) is 0 Å². The number of carbonyl (C=O) groups is 1. The molecule has 1 aliphatic heterocycles. The van der Waals surface area contributed by atoms with Crippen LogP contribution in [0.4, 0.5) is 0 Å². The normalized spacial score (nSPS) is 21.2. The average Bonchev–Trinajstić information content (AvgIpc) is 2.32. The second-order valence-electron chi connectivity index (χ2n) is 6.38. The minimum atomic E-state index is -0.00942. The van der Waals surface area contributed by atoms with Gasteiger partial charge in [0.2, 0.25) is 0 Å². The van der Waals surface area contributed by atoms with Crippen molar-refractivity contribution in [1.82, 2.24) is 4.90 Å². The van der Waals surface area contributed by atoms with E-state index in [1.807, 2.05) is 36.9 Å². The smallest absolute Gasteiger partial charge is 0.254 e.